The highest BCUT2D eigenvalue weighted by molar-refractivity contribution is 6.28. The number of nitrogens with zero attached hydrogens (tertiary/aromatic N) is 4. The molecule has 0 radical (unpaired) electrons. The largest absolute Gasteiger partial charge is 0.353 e. The summed E-state index contributed by atoms with van der Waals surface area (Å²) in [5, 5.41) is 0.330. The van der Waals surface area contributed by atoms with Gasteiger partial charge in [0.2, 0.25) is 5.28 Å². The Morgan fingerprint density at radius 1 is 1.05 bits per heavy atom. The number of fused-ring (bicyclic) bond motifs is 2. The first-order valence-corrected chi connectivity index (χ1v) is 8.20. The van der Waals surface area contributed by atoms with E-state index in [1.54, 1.807) is 6.20 Å². The van der Waals surface area contributed by atoms with Crippen molar-refractivity contribution in [3.8, 4) is 0 Å². The average molecular weight is 315 g/mol. The first-order chi connectivity index (χ1) is 10.8. The van der Waals surface area contributed by atoms with Gasteiger partial charge in [-0.3, -0.25) is 4.90 Å². The van der Waals surface area contributed by atoms with Gasteiger partial charge < -0.3 is 4.90 Å². The van der Waals surface area contributed by atoms with Crippen molar-refractivity contribution < 1.29 is 0 Å². The standard InChI is InChI=1S/C17H19ClN4/c18-17-19-9-8-16(20-17)21-11-14-6-7-15(12-21)22(14)10-13-4-2-1-3-5-13/h1-5,8-9,14-15H,6-7,10-12H2/t14-,15?/m1/s1. The van der Waals surface area contributed by atoms with Crippen molar-refractivity contribution in [2.45, 2.75) is 31.5 Å². The van der Waals surface area contributed by atoms with Crippen molar-refractivity contribution in [3.63, 3.8) is 0 Å². The lowest BCUT2D eigenvalue weighted by Gasteiger charge is -2.41. The Morgan fingerprint density at radius 3 is 2.45 bits per heavy atom. The number of aromatic nitrogens is 2. The first kappa shape index (κ1) is 14.0. The van der Waals surface area contributed by atoms with Gasteiger partial charge in [0.05, 0.1) is 0 Å². The molecule has 2 aliphatic heterocycles. The van der Waals surface area contributed by atoms with Crippen LogP contribution in [0.3, 0.4) is 0 Å². The Hall–Kier alpha value is -1.65. The molecular formula is C17H19ClN4. The Bertz CT molecular complexity index is 634. The van der Waals surface area contributed by atoms with E-state index < -0.39 is 0 Å². The van der Waals surface area contributed by atoms with Crippen LogP contribution in [0.25, 0.3) is 0 Å². The van der Waals surface area contributed by atoms with Crippen molar-refractivity contribution in [2.75, 3.05) is 18.0 Å². The summed E-state index contributed by atoms with van der Waals surface area (Å²) in [5.41, 5.74) is 1.40. The van der Waals surface area contributed by atoms with Gasteiger partial charge in [-0.25, -0.2) is 9.97 Å². The van der Waals surface area contributed by atoms with Crippen LogP contribution >= 0.6 is 11.6 Å². The second kappa shape index (κ2) is 5.86. The van der Waals surface area contributed by atoms with Crippen molar-refractivity contribution in [1.82, 2.24) is 14.9 Å². The topological polar surface area (TPSA) is 32.3 Å². The Kier molecular flexibility index (Phi) is 3.72. The summed E-state index contributed by atoms with van der Waals surface area (Å²) < 4.78 is 0. The molecule has 2 atom stereocenters. The molecule has 2 fully saturated rings. The second-order valence-electron chi connectivity index (χ2n) is 6.13. The molecule has 0 amide bonds. The van der Waals surface area contributed by atoms with E-state index >= 15 is 0 Å². The van der Waals surface area contributed by atoms with Gasteiger partial charge in [0.1, 0.15) is 5.82 Å². The van der Waals surface area contributed by atoms with Crippen LogP contribution in [0.4, 0.5) is 5.82 Å². The zero-order chi connectivity index (χ0) is 14.9. The molecule has 1 aromatic carbocycles. The van der Waals surface area contributed by atoms with Crippen LogP contribution in [0.15, 0.2) is 42.6 Å². The van der Waals surface area contributed by atoms with E-state index in [0.717, 1.165) is 25.5 Å². The number of benzene rings is 1. The average Bonchev–Trinajstić information content (AvgIpc) is 2.78. The molecule has 0 saturated carbocycles. The smallest absolute Gasteiger partial charge is 0.224 e. The molecule has 22 heavy (non-hydrogen) atoms. The molecule has 4 nitrogen and oxygen atoms in total. The highest BCUT2D eigenvalue weighted by Crippen LogP contribution is 2.33. The molecule has 2 bridgehead atoms. The highest BCUT2D eigenvalue weighted by atomic mass is 35.5. The maximum absolute atomic E-state index is 5.93. The fourth-order valence-corrected chi connectivity index (χ4v) is 3.87. The quantitative estimate of drug-likeness (QED) is 0.815. The SMILES string of the molecule is Clc1nccc(N2CC3CC[C@H](C2)N3Cc2ccccc2)n1. The fourth-order valence-electron chi connectivity index (χ4n) is 3.73. The second-order valence-corrected chi connectivity index (χ2v) is 6.47. The van der Waals surface area contributed by atoms with E-state index in [9.17, 15) is 0 Å². The van der Waals surface area contributed by atoms with Crippen LogP contribution < -0.4 is 4.90 Å². The molecule has 1 aromatic heterocycles. The van der Waals surface area contributed by atoms with E-state index in [1.165, 1.54) is 18.4 Å². The summed E-state index contributed by atoms with van der Waals surface area (Å²) in [6.07, 6.45) is 4.28. The van der Waals surface area contributed by atoms with Crippen LogP contribution in [-0.2, 0) is 6.54 Å². The Morgan fingerprint density at radius 2 is 1.77 bits per heavy atom. The predicted octanol–water partition coefficient (Wildman–Crippen LogP) is 2.98. The van der Waals surface area contributed by atoms with E-state index in [4.69, 9.17) is 11.6 Å². The summed E-state index contributed by atoms with van der Waals surface area (Å²) >= 11 is 5.93. The van der Waals surface area contributed by atoms with Crippen molar-refractivity contribution >= 4 is 17.4 Å². The minimum absolute atomic E-state index is 0.330. The van der Waals surface area contributed by atoms with Gasteiger partial charge in [-0.05, 0) is 36.1 Å². The molecule has 3 heterocycles. The zero-order valence-corrected chi connectivity index (χ0v) is 13.2. The summed E-state index contributed by atoms with van der Waals surface area (Å²) in [5.74, 6) is 0.955. The molecule has 0 spiro atoms. The van der Waals surface area contributed by atoms with Gasteiger partial charge in [0, 0.05) is 37.9 Å². The molecule has 0 aliphatic carbocycles. The highest BCUT2D eigenvalue weighted by Gasteiger charge is 2.40. The normalized spacial score (nSPS) is 24.7. The van der Waals surface area contributed by atoms with Crippen LogP contribution in [0.2, 0.25) is 5.28 Å². The number of piperazine rings is 1. The molecule has 2 aliphatic rings. The number of hydrogen-bond donors (Lipinski definition) is 0. The third-order valence-corrected chi connectivity index (χ3v) is 4.96. The van der Waals surface area contributed by atoms with Crippen LogP contribution in [0, 0.1) is 0 Å². The van der Waals surface area contributed by atoms with Gasteiger partial charge in [0.25, 0.3) is 0 Å². The maximum Gasteiger partial charge on any atom is 0.224 e. The summed E-state index contributed by atoms with van der Waals surface area (Å²) in [4.78, 5) is 13.4. The molecule has 4 rings (SSSR count). The summed E-state index contributed by atoms with van der Waals surface area (Å²) in [7, 11) is 0. The van der Waals surface area contributed by atoms with Crippen molar-refractivity contribution in [2.24, 2.45) is 0 Å². The fraction of sp³-hybridized carbons (Fsp3) is 0.412. The third-order valence-electron chi connectivity index (χ3n) is 4.78. The molecule has 0 N–H and O–H groups in total. The number of halogens is 1. The van der Waals surface area contributed by atoms with Crippen molar-refractivity contribution in [3.05, 3.63) is 53.4 Å². The number of anilines is 1. The Labute approximate surface area is 135 Å². The lowest BCUT2D eigenvalue weighted by atomic mass is 10.1. The number of hydrogen-bond acceptors (Lipinski definition) is 4. The molecule has 2 saturated heterocycles. The lowest BCUT2D eigenvalue weighted by molar-refractivity contribution is 0.160. The monoisotopic (exact) mass is 314 g/mol. The predicted molar refractivity (Wildman–Crippen MR) is 88.1 cm³/mol. The van der Waals surface area contributed by atoms with E-state index in [1.807, 2.05) is 6.07 Å². The Balaban J connectivity index is 1.50. The van der Waals surface area contributed by atoms with Crippen LogP contribution in [0.5, 0.6) is 0 Å². The van der Waals surface area contributed by atoms with E-state index in [0.29, 0.717) is 17.4 Å². The minimum Gasteiger partial charge on any atom is -0.353 e. The maximum atomic E-state index is 5.93. The first-order valence-electron chi connectivity index (χ1n) is 7.83. The minimum atomic E-state index is 0.330. The third kappa shape index (κ3) is 2.69. The van der Waals surface area contributed by atoms with Crippen LogP contribution in [-0.4, -0.2) is 40.0 Å². The van der Waals surface area contributed by atoms with Crippen molar-refractivity contribution in [1.29, 1.82) is 0 Å². The van der Waals surface area contributed by atoms with Crippen LogP contribution in [0.1, 0.15) is 18.4 Å². The lowest BCUT2D eigenvalue weighted by Crippen LogP contribution is -2.53. The molecule has 5 heteroatoms. The van der Waals surface area contributed by atoms with E-state index in [-0.39, 0.29) is 0 Å². The molecular weight excluding hydrogens is 296 g/mol. The molecule has 114 valence electrons. The summed E-state index contributed by atoms with van der Waals surface area (Å²) in [6, 6.07) is 13.9. The van der Waals surface area contributed by atoms with Gasteiger partial charge in [-0.15, -0.1) is 0 Å². The zero-order valence-electron chi connectivity index (χ0n) is 12.4. The van der Waals surface area contributed by atoms with Gasteiger partial charge in [-0.1, -0.05) is 30.3 Å². The van der Waals surface area contributed by atoms with E-state index in [2.05, 4.69) is 50.1 Å². The number of rotatable bonds is 3. The summed E-state index contributed by atoms with van der Waals surface area (Å²) in [6.45, 7) is 3.10. The molecule has 2 aromatic rings. The van der Waals surface area contributed by atoms with Gasteiger partial charge in [0.15, 0.2) is 0 Å². The molecule has 1 unspecified atom stereocenters. The van der Waals surface area contributed by atoms with Gasteiger partial charge >= 0.3 is 0 Å². The van der Waals surface area contributed by atoms with Gasteiger partial charge in [-0.2, -0.15) is 0 Å².